The van der Waals surface area contributed by atoms with Gasteiger partial charge in [-0.15, -0.1) is 11.3 Å². The molecule has 162 valence electrons. The van der Waals surface area contributed by atoms with Gasteiger partial charge in [0.1, 0.15) is 12.3 Å². The molecule has 0 saturated carbocycles. The van der Waals surface area contributed by atoms with Crippen molar-refractivity contribution in [3.05, 3.63) is 101 Å². The number of rotatable bonds is 6. The van der Waals surface area contributed by atoms with E-state index in [1.54, 1.807) is 17.0 Å². The summed E-state index contributed by atoms with van der Waals surface area (Å²) in [4.78, 5) is 13.1. The standard InChI is InChI=1S/C24H17F3N2O2S/c25-24(26,27)19-7-4-6-17(14-19)16-31-22(30)12-11-18-15-29(20-8-2-1-3-9-20)28-23(18)21-10-5-13-32-21/h1-15H,16H2. The summed E-state index contributed by atoms with van der Waals surface area (Å²) in [5.41, 5.74) is 1.78. The minimum atomic E-state index is -4.45. The molecule has 0 radical (unpaired) electrons. The highest BCUT2D eigenvalue weighted by atomic mass is 32.1. The van der Waals surface area contributed by atoms with Crippen molar-refractivity contribution in [3.63, 3.8) is 0 Å². The Morgan fingerprint density at radius 2 is 1.88 bits per heavy atom. The number of carbonyl (C=O) groups is 1. The van der Waals surface area contributed by atoms with Gasteiger partial charge < -0.3 is 4.74 Å². The monoisotopic (exact) mass is 454 g/mol. The van der Waals surface area contributed by atoms with Crippen molar-refractivity contribution in [1.82, 2.24) is 9.78 Å². The molecule has 0 unspecified atom stereocenters. The number of ether oxygens (including phenoxy) is 1. The molecule has 4 aromatic rings. The zero-order chi connectivity index (χ0) is 22.6. The van der Waals surface area contributed by atoms with Crippen molar-refractivity contribution in [1.29, 1.82) is 0 Å². The van der Waals surface area contributed by atoms with E-state index in [1.807, 2.05) is 47.8 Å². The Bertz CT molecular complexity index is 1230. The van der Waals surface area contributed by atoms with Crippen LogP contribution in [0.5, 0.6) is 0 Å². The summed E-state index contributed by atoms with van der Waals surface area (Å²) < 4.78 is 45.3. The van der Waals surface area contributed by atoms with Gasteiger partial charge in [-0.25, -0.2) is 9.48 Å². The van der Waals surface area contributed by atoms with Crippen molar-refractivity contribution >= 4 is 23.4 Å². The van der Waals surface area contributed by atoms with E-state index in [2.05, 4.69) is 5.10 Å². The molecule has 0 atom stereocenters. The molecule has 0 amide bonds. The Balaban J connectivity index is 1.50. The molecule has 0 saturated heterocycles. The predicted octanol–water partition coefficient (Wildman–Crippen LogP) is 6.38. The second-order valence-electron chi connectivity index (χ2n) is 6.83. The largest absolute Gasteiger partial charge is 0.458 e. The molecule has 0 bridgehead atoms. The molecule has 0 spiro atoms. The van der Waals surface area contributed by atoms with E-state index in [9.17, 15) is 18.0 Å². The lowest BCUT2D eigenvalue weighted by Crippen LogP contribution is -2.06. The molecular weight excluding hydrogens is 437 g/mol. The summed E-state index contributed by atoms with van der Waals surface area (Å²) in [6.07, 6.45) is 0.199. The molecule has 2 aromatic heterocycles. The van der Waals surface area contributed by atoms with Crippen LogP contribution in [0.15, 0.2) is 84.4 Å². The van der Waals surface area contributed by atoms with E-state index in [0.717, 1.165) is 22.7 Å². The summed E-state index contributed by atoms with van der Waals surface area (Å²) in [6, 6.07) is 18.1. The van der Waals surface area contributed by atoms with Crippen LogP contribution < -0.4 is 0 Å². The molecular formula is C24H17F3N2O2S. The zero-order valence-electron chi connectivity index (χ0n) is 16.6. The molecule has 8 heteroatoms. The second kappa shape index (κ2) is 9.23. The number of aromatic nitrogens is 2. The number of thiophene rings is 1. The maximum Gasteiger partial charge on any atom is 0.416 e. The van der Waals surface area contributed by atoms with Crippen LogP contribution in [-0.4, -0.2) is 15.7 Å². The van der Waals surface area contributed by atoms with Gasteiger partial charge in [-0.2, -0.15) is 18.3 Å². The van der Waals surface area contributed by atoms with Gasteiger partial charge in [0.25, 0.3) is 0 Å². The van der Waals surface area contributed by atoms with Crippen LogP contribution in [0.3, 0.4) is 0 Å². The van der Waals surface area contributed by atoms with Gasteiger partial charge >= 0.3 is 12.1 Å². The van der Waals surface area contributed by atoms with E-state index in [1.165, 1.54) is 29.5 Å². The van der Waals surface area contributed by atoms with Gasteiger partial charge in [0.15, 0.2) is 0 Å². The van der Waals surface area contributed by atoms with Crippen LogP contribution in [0, 0.1) is 0 Å². The highest BCUT2D eigenvalue weighted by Gasteiger charge is 2.30. The lowest BCUT2D eigenvalue weighted by Gasteiger charge is -2.08. The average Bonchev–Trinajstić information content (AvgIpc) is 3.46. The Morgan fingerprint density at radius 3 is 2.59 bits per heavy atom. The van der Waals surface area contributed by atoms with Crippen molar-refractivity contribution in [2.24, 2.45) is 0 Å². The summed E-state index contributed by atoms with van der Waals surface area (Å²) in [7, 11) is 0. The number of nitrogens with zero attached hydrogens (tertiary/aromatic N) is 2. The normalized spacial score (nSPS) is 11.7. The zero-order valence-corrected chi connectivity index (χ0v) is 17.4. The first-order chi connectivity index (χ1) is 15.4. The third kappa shape index (κ3) is 5.15. The van der Waals surface area contributed by atoms with Crippen molar-refractivity contribution < 1.29 is 22.7 Å². The van der Waals surface area contributed by atoms with Crippen molar-refractivity contribution in [2.45, 2.75) is 12.8 Å². The molecule has 2 heterocycles. The Morgan fingerprint density at radius 1 is 1.06 bits per heavy atom. The topological polar surface area (TPSA) is 44.1 Å². The first kappa shape index (κ1) is 21.6. The van der Waals surface area contributed by atoms with Gasteiger partial charge in [0.2, 0.25) is 0 Å². The molecule has 4 rings (SSSR count). The van der Waals surface area contributed by atoms with Crippen LogP contribution in [0.25, 0.3) is 22.3 Å². The van der Waals surface area contributed by atoms with E-state index >= 15 is 0 Å². The van der Waals surface area contributed by atoms with Crippen LogP contribution in [-0.2, 0) is 22.3 Å². The smallest absolute Gasteiger partial charge is 0.416 e. The lowest BCUT2D eigenvalue weighted by atomic mass is 10.1. The molecule has 4 nitrogen and oxygen atoms in total. The third-order valence-electron chi connectivity index (χ3n) is 4.55. The number of halogens is 3. The number of para-hydroxylation sites is 1. The van der Waals surface area contributed by atoms with Crippen LogP contribution >= 0.6 is 11.3 Å². The van der Waals surface area contributed by atoms with Crippen molar-refractivity contribution in [2.75, 3.05) is 0 Å². The molecule has 0 N–H and O–H groups in total. The van der Waals surface area contributed by atoms with Gasteiger partial charge in [-0.3, -0.25) is 0 Å². The third-order valence-corrected chi connectivity index (χ3v) is 5.43. The van der Waals surface area contributed by atoms with Gasteiger partial charge in [-0.05, 0) is 47.4 Å². The minimum Gasteiger partial charge on any atom is -0.458 e. The van der Waals surface area contributed by atoms with Gasteiger partial charge in [0.05, 0.1) is 16.1 Å². The average molecular weight is 454 g/mol. The van der Waals surface area contributed by atoms with Crippen LogP contribution in [0.4, 0.5) is 13.2 Å². The Labute approximate surface area is 186 Å². The molecule has 32 heavy (non-hydrogen) atoms. The van der Waals surface area contributed by atoms with E-state index in [-0.39, 0.29) is 12.2 Å². The Kier molecular flexibility index (Phi) is 6.23. The number of esters is 1. The first-order valence-electron chi connectivity index (χ1n) is 9.60. The highest BCUT2D eigenvalue weighted by molar-refractivity contribution is 7.13. The maximum absolute atomic E-state index is 12.8. The summed E-state index contributed by atoms with van der Waals surface area (Å²) >= 11 is 1.53. The summed E-state index contributed by atoms with van der Waals surface area (Å²) in [5, 5.41) is 6.58. The first-order valence-corrected chi connectivity index (χ1v) is 10.5. The number of alkyl halides is 3. The number of carbonyl (C=O) groups excluding carboxylic acids is 1. The molecule has 0 fully saturated rings. The van der Waals surface area contributed by atoms with Crippen LogP contribution in [0.1, 0.15) is 16.7 Å². The fraction of sp³-hybridized carbons (Fsp3) is 0.0833. The van der Waals surface area contributed by atoms with Crippen molar-refractivity contribution in [3.8, 4) is 16.3 Å². The number of benzene rings is 2. The highest BCUT2D eigenvalue weighted by Crippen LogP contribution is 2.30. The Hall–Kier alpha value is -3.65. The SMILES string of the molecule is O=C(C=Cc1cn(-c2ccccc2)nc1-c1cccs1)OCc1cccc(C(F)(F)F)c1. The minimum absolute atomic E-state index is 0.256. The molecule has 0 aliphatic rings. The molecule has 0 aliphatic heterocycles. The maximum atomic E-state index is 12.8. The predicted molar refractivity (Wildman–Crippen MR) is 117 cm³/mol. The number of hydrogen-bond acceptors (Lipinski definition) is 4. The molecule has 0 aliphatic carbocycles. The second-order valence-corrected chi connectivity index (χ2v) is 7.78. The van der Waals surface area contributed by atoms with E-state index < -0.39 is 17.7 Å². The molecule has 2 aromatic carbocycles. The fourth-order valence-electron chi connectivity index (χ4n) is 3.02. The van der Waals surface area contributed by atoms with Gasteiger partial charge in [-0.1, -0.05) is 36.4 Å². The number of hydrogen-bond donors (Lipinski definition) is 0. The lowest BCUT2D eigenvalue weighted by molar-refractivity contribution is -0.138. The van der Waals surface area contributed by atoms with E-state index in [4.69, 9.17) is 4.74 Å². The summed E-state index contributed by atoms with van der Waals surface area (Å²) in [6.45, 7) is -0.256. The quantitative estimate of drug-likeness (QED) is 0.251. The van der Waals surface area contributed by atoms with Crippen LogP contribution in [0.2, 0.25) is 0 Å². The summed E-state index contributed by atoms with van der Waals surface area (Å²) in [5.74, 6) is -0.660. The fourth-order valence-corrected chi connectivity index (χ4v) is 3.76. The van der Waals surface area contributed by atoms with E-state index in [0.29, 0.717) is 11.3 Å². The van der Waals surface area contributed by atoms with Gasteiger partial charge in [0, 0.05) is 17.8 Å².